The van der Waals surface area contributed by atoms with Crippen LogP contribution in [0.3, 0.4) is 0 Å². The zero-order valence-electron chi connectivity index (χ0n) is 30.2. The van der Waals surface area contributed by atoms with Crippen molar-refractivity contribution in [3.05, 3.63) is 35.9 Å². The van der Waals surface area contributed by atoms with E-state index in [0.717, 1.165) is 32.1 Å². The van der Waals surface area contributed by atoms with Gasteiger partial charge < -0.3 is 19.8 Å². The molecular formula is C34H58ClN7O6. The van der Waals surface area contributed by atoms with Crippen molar-refractivity contribution in [1.82, 2.24) is 24.8 Å². The Morgan fingerprint density at radius 2 is 1.19 bits per heavy atom. The number of carbonyl (C=O) groups excluding carboxylic acids is 3. The molecule has 0 fully saturated rings. The molecule has 14 heteroatoms. The van der Waals surface area contributed by atoms with Crippen molar-refractivity contribution in [2.24, 2.45) is 11.8 Å². The number of rotatable bonds is 16. The number of hydrogen-bond acceptors (Lipinski definition) is 10. The van der Waals surface area contributed by atoms with E-state index in [1.54, 1.807) is 47.0 Å². The van der Waals surface area contributed by atoms with Gasteiger partial charge in [-0.2, -0.15) is 0 Å². The minimum absolute atomic E-state index is 0. The molecule has 0 saturated heterocycles. The van der Waals surface area contributed by atoms with E-state index in [-0.39, 0.29) is 54.5 Å². The molecule has 4 N–H and O–H groups in total. The van der Waals surface area contributed by atoms with Gasteiger partial charge in [0, 0.05) is 54.3 Å². The second-order valence-electron chi connectivity index (χ2n) is 13.1. The molecule has 272 valence electrons. The first-order valence-corrected chi connectivity index (χ1v) is 16.7. The van der Waals surface area contributed by atoms with E-state index in [1.165, 1.54) is 30.1 Å². The Hall–Kier alpha value is -3.42. The van der Waals surface area contributed by atoms with E-state index in [1.807, 2.05) is 20.8 Å². The van der Waals surface area contributed by atoms with Crippen molar-refractivity contribution in [3.63, 3.8) is 0 Å². The number of halogens is 1. The van der Waals surface area contributed by atoms with Gasteiger partial charge >= 0.3 is 6.09 Å². The number of carbonyl (C=O) groups is 3. The van der Waals surface area contributed by atoms with Crippen LogP contribution in [-0.4, -0.2) is 71.6 Å². The highest BCUT2D eigenvalue weighted by molar-refractivity contribution is 5.90. The molecule has 0 aliphatic rings. The summed E-state index contributed by atoms with van der Waals surface area (Å²) in [5, 5.41) is 25.7. The van der Waals surface area contributed by atoms with Crippen molar-refractivity contribution in [3.8, 4) is 0 Å². The molecule has 13 nitrogen and oxygen atoms in total. The van der Waals surface area contributed by atoms with Gasteiger partial charge in [0.2, 0.25) is 23.7 Å². The zero-order chi connectivity index (χ0) is 35.6. The first kappa shape index (κ1) is 44.6. The predicted octanol–water partition coefficient (Wildman–Crippen LogP) is 6.64. The van der Waals surface area contributed by atoms with E-state index in [9.17, 15) is 24.6 Å². The van der Waals surface area contributed by atoms with Crippen LogP contribution in [0.2, 0.25) is 0 Å². The van der Waals surface area contributed by atoms with Gasteiger partial charge in [0.15, 0.2) is 0 Å². The van der Waals surface area contributed by atoms with Gasteiger partial charge in [0.25, 0.3) is 0 Å². The van der Waals surface area contributed by atoms with Crippen LogP contribution in [0.4, 0.5) is 16.7 Å². The van der Waals surface area contributed by atoms with Crippen LogP contribution in [0, 0.1) is 11.8 Å². The Kier molecular flexibility index (Phi) is 21.4. The molecule has 2 aromatic heterocycles. The van der Waals surface area contributed by atoms with Crippen molar-refractivity contribution < 1.29 is 29.3 Å². The van der Waals surface area contributed by atoms with Gasteiger partial charge in [0.05, 0.1) is 18.8 Å². The summed E-state index contributed by atoms with van der Waals surface area (Å²) in [6.45, 7) is 17.3. The van der Waals surface area contributed by atoms with Gasteiger partial charge in [-0.3, -0.25) is 20.2 Å². The van der Waals surface area contributed by atoms with Crippen molar-refractivity contribution in [2.45, 2.75) is 125 Å². The van der Waals surface area contributed by atoms with Gasteiger partial charge in [0.1, 0.15) is 5.60 Å². The number of ether oxygens (including phenoxy) is 1. The molecule has 48 heavy (non-hydrogen) atoms. The molecular weight excluding hydrogens is 638 g/mol. The summed E-state index contributed by atoms with van der Waals surface area (Å²) in [6, 6.07) is 0. The topological polar surface area (TPSA) is 180 Å². The molecule has 0 bridgehead atoms. The van der Waals surface area contributed by atoms with Crippen LogP contribution in [0.15, 0.2) is 24.8 Å². The maximum Gasteiger partial charge on any atom is 0.410 e. The van der Waals surface area contributed by atoms with E-state index in [2.05, 4.69) is 37.5 Å². The fourth-order valence-electron chi connectivity index (χ4n) is 3.84. The largest absolute Gasteiger partial charge is 0.444 e. The number of aliphatic hydroxyl groups excluding tert-OH is 2. The summed E-state index contributed by atoms with van der Waals surface area (Å²) in [4.78, 5) is 53.3. The van der Waals surface area contributed by atoms with E-state index >= 15 is 0 Å². The number of aliphatic hydroxyl groups is 2. The number of nitrogens with one attached hydrogen (secondary N) is 2. The Balaban J connectivity index is 0.000000940. The molecule has 2 aromatic rings. The minimum Gasteiger partial charge on any atom is -0.444 e. The molecule has 0 aliphatic heterocycles. The number of aromatic nitrogens is 4. The Morgan fingerprint density at radius 3 is 1.58 bits per heavy atom. The lowest BCUT2D eigenvalue weighted by Crippen LogP contribution is -2.39. The summed E-state index contributed by atoms with van der Waals surface area (Å²) >= 11 is 0. The summed E-state index contributed by atoms with van der Waals surface area (Å²) in [7, 11) is 0. The van der Waals surface area contributed by atoms with Crippen LogP contribution >= 0.6 is 12.4 Å². The van der Waals surface area contributed by atoms with Crippen molar-refractivity contribution in [2.75, 3.05) is 23.7 Å². The van der Waals surface area contributed by atoms with Crippen LogP contribution in [0.25, 0.3) is 0 Å². The first-order valence-electron chi connectivity index (χ1n) is 16.7. The number of amides is 3. The fourth-order valence-corrected chi connectivity index (χ4v) is 3.84. The molecule has 0 saturated carbocycles. The number of unbranched alkanes of at least 4 members (excludes halogenated alkanes) is 4. The number of hydrogen-bond donors (Lipinski definition) is 4. The lowest BCUT2D eigenvalue weighted by molar-refractivity contribution is -0.119. The van der Waals surface area contributed by atoms with Crippen LogP contribution in [-0.2, 0) is 14.3 Å². The van der Waals surface area contributed by atoms with Crippen LogP contribution in [0.1, 0.15) is 131 Å². The maximum atomic E-state index is 12.4. The smallest absolute Gasteiger partial charge is 0.410 e. The highest BCUT2D eigenvalue weighted by Crippen LogP contribution is 2.20. The maximum absolute atomic E-state index is 12.4. The average Bonchev–Trinajstić information content (AvgIpc) is 3.01. The molecule has 0 spiro atoms. The van der Waals surface area contributed by atoms with Gasteiger partial charge in [-0.25, -0.2) is 24.7 Å². The molecule has 2 heterocycles. The lowest BCUT2D eigenvalue weighted by Gasteiger charge is -2.28. The second-order valence-corrected chi connectivity index (χ2v) is 13.1. The Morgan fingerprint density at radius 1 is 0.750 bits per heavy atom. The van der Waals surface area contributed by atoms with Crippen LogP contribution in [0.5, 0.6) is 0 Å². The van der Waals surface area contributed by atoms with E-state index in [0.29, 0.717) is 17.7 Å². The van der Waals surface area contributed by atoms with Gasteiger partial charge in [-0.15, -0.1) is 12.4 Å². The SMILES string of the molecule is CCCCCC[C@H](O)c1cnc(NC(=O)C(C)C)nc1.CCCCN(C[C@H](O)c1cnc(NC(=O)C(C)C)nc1)C(=O)OC(C)(C)C.Cl. The average molecular weight is 696 g/mol. The summed E-state index contributed by atoms with van der Waals surface area (Å²) in [5.74, 6) is -0.121. The van der Waals surface area contributed by atoms with E-state index < -0.39 is 23.9 Å². The first-order chi connectivity index (χ1) is 22.1. The fraction of sp³-hybridized carbons (Fsp3) is 0.676. The molecule has 2 rings (SSSR count). The highest BCUT2D eigenvalue weighted by atomic mass is 35.5. The van der Waals surface area contributed by atoms with Crippen LogP contribution < -0.4 is 10.6 Å². The Bertz CT molecular complexity index is 1210. The highest BCUT2D eigenvalue weighted by Gasteiger charge is 2.24. The van der Waals surface area contributed by atoms with Gasteiger partial charge in [-0.1, -0.05) is 73.6 Å². The monoisotopic (exact) mass is 695 g/mol. The standard InChI is InChI=1S/C19H32N4O4.C15H25N3O2.ClH/c1-7-8-9-23(18(26)27-19(4,5)6)12-15(24)14-10-20-17(21-11-14)22-16(25)13(2)3;1-4-5-6-7-8-13(19)12-9-16-15(17-10-12)18-14(20)11(2)3;/h10-11,13,15,24H,7-9,12H2,1-6H3,(H,20,21,22,25);9-11,13,19H,4-8H2,1-3H3,(H,16,17,18,20);1H/t15-;13-;/m00./s1. The predicted molar refractivity (Wildman–Crippen MR) is 190 cm³/mol. The third-order valence-electron chi connectivity index (χ3n) is 6.79. The second kappa shape index (κ2) is 23.0. The lowest BCUT2D eigenvalue weighted by atomic mass is 10.1. The van der Waals surface area contributed by atoms with Crippen molar-refractivity contribution in [1.29, 1.82) is 0 Å². The molecule has 0 radical (unpaired) electrons. The third kappa shape index (κ3) is 18.2. The number of anilines is 2. The summed E-state index contributed by atoms with van der Waals surface area (Å²) < 4.78 is 5.42. The summed E-state index contributed by atoms with van der Waals surface area (Å²) in [6.07, 6.45) is 11.1. The molecule has 3 amide bonds. The molecule has 0 unspecified atom stereocenters. The van der Waals surface area contributed by atoms with Crippen molar-refractivity contribution >= 4 is 42.2 Å². The number of nitrogens with zero attached hydrogens (tertiary/aromatic N) is 5. The third-order valence-corrected chi connectivity index (χ3v) is 6.79. The Labute approximate surface area is 292 Å². The molecule has 2 atom stereocenters. The molecule has 0 aliphatic carbocycles. The quantitative estimate of drug-likeness (QED) is 0.139. The van der Waals surface area contributed by atoms with Gasteiger partial charge in [-0.05, 0) is 33.6 Å². The van der Waals surface area contributed by atoms with E-state index in [4.69, 9.17) is 4.74 Å². The normalized spacial score (nSPS) is 12.3. The zero-order valence-corrected chi connectivity index (χ0v) is 31.0. The molecule has 0 aromatic carbocycles. The summed E-state index contributed by atoms with van der Waals surface area (Å²) in [5.41, 5.74) is 0.554. The minimum atomic E-state index is -0.954.